The summed E-state index contributed by atoms with van der Waals surface area (Å²) in [5.74, 6) is -0.583. The molecule has 0 fully saturated rings. The normalized spacial score (nSPS) is 20.1. The number of amides is 2. The fourth-order valence-electron chi connectivity index (χ4n) is 2.84. The zero-order chi connectivity index (χ0) is 18.8. The number of rotatable bonds is 8. The van der Waals surface area contributed by atoms with Crippen LogP contribution in [0.15, 0.2) is 24.3 Å². The summed E-state index contributed by atoms with van der Waals surface area (Å²) in [4.78, 5) is 25.3. The summed E-state index contributed by atoms with van der Waals surface area (Å²) in [7, 11) is -1.58. The van der Waals surface area contributed by atoms with Gasteiger partial charge in [0.15, 0.2) is 12.3 Å². The van der Waals surface area contributed by atoms with Crippen LogP contribution in [0.4, 0.5) is 8.78 Å². The number of imide groups is 1. The van der Waals surface area contributed by atoms with Gasteiger partial charge < -0.3 is 0 Å². The Labute approximate surface area is 152 Å². The third-order valence-electron chi connectivity index (χ3n) is 4.20. The Morgan fingerprint density at radius 1 is 1.16 bits per heavy atom. The van der Waals surface area contributed by atoms with Gasteiger partial charge in [-0.25, -0.2) is 8.78 Å². The second-order valence-corrected chi connectivity index (χ2v) is 9.86. The van der Waals surface area contributed by atoms with Crippen LogP contribution in [0.5, 0.6) is 0 Å². The van der Waals surface area contributed by atoms with Gasteiger partial charge in [0.05, 0.1) is 17.7 Å². The van der Waals surface area contributed by atoms with Crippen molar-refractivity contribution in [3.63, 3.8) is 0 Å². The Balaban J connectivity index is 2.19. The van der Waals surface area contributed by atoms with Gasteiger partial charge in [0.1, 0.15) is 4.08 Å². The van der Waals surface area contributed by atoms with E-state index in [1.807, 2.05) is 0 Å². The van der Waals surface area contributed by atoms with Gasteiger partial charge in [0, 0.05) is 16.6 Å². The summed E-state index contributed by atoms with van der Waals surface area (Å²) in [6.45, 7) is 4.17. The Morgan fingerprint density at radius 3 is 2.12 bits per heavy atom. The molecule has 0 N–H and O–H groups in total. The zero-order valence-electron chi connectivity index (χ0n) is 14.3. The van der Waals surface area contributed by atoms with Crippen molar-refractivity contribution < 1.29 is 22.6 Å². The third kappa shape index (κ3) is 3.65. The molecule has 0 aromatic heterocycles. The van der Waals surface area contributed by atoms with Gasteiger partial charge in [-0.15, -0.1) is 11.8 Å². The van der Waals surface area contributed by atoms with E-state index in [1.165, 1.54) is 19.1 Å². The number of hydrogen-bond acceptors (Lipinski definition) is 4. The maximum Gasteiger partial charge on any atom is 0.261 e. The molecule has 8 heteroatoms. The lowest BCUT2D eigenvalue weighted by atomic mass is 10.1. The number of thioether (sulfide) groups is 1. The molecule has 0 spiro atoms. The first-order valence-electron chi connectivity index (χ1n) is 8.03. The van der Waals surface area contributed by atoms with Gasteiger partial charge in [-0.1, -0.05) is 26.0 Å². The first-order chi connectivity index (χ1) is 11.8. The van der Waals surface area contributed by atoms with Crippen molar-refractivity contribution in [1.82, 2.24) is 4.90 Å². The van der Waals surface area contributed by atoms with Crippen LogP contribution < -0.4 is 0 Å². The summed E-state index contributed by atoms with van der Waals surface area (Å²) in [6.07, 6.45) is -4.18. The van der Waals surface area contributed by atoms with Crippen LogP contribution in [0, 0.1) is 0 Å². The summed E-state index contributed by atoms with van der Waals surface area (Å²) in [5.41, 5.74) is 0.385. The highest BCUT2D eigenvalue weighted by Gasteiger charge is 2.47. The average molecular weight is 389 g/mol. The molecule has 4 nitrogen and oxygen atoms in total. The molecule has 4 unspecified atom stereocenters. The highest BCUT2D eigenvalue weighted by molar-refractivity contribution is 8.12. The number of nitrogens with zero attached hydrogens (tertiary/aromatic N) is 1. The molecule has 0 radical (unpaired) electrons. The minimum Gasteiger partial charge on any atom is -0.271 e. The maximum absolute atomic E-state index is 14.9. The lowest BCUT2D eigenvalue weighted by Gasteiger charge is -2.33. The molecule has 0 bridgehead atoms. The van der Waals surface area contributed by atoms with Crippen molar-refractivity contribution in [3.05, 3.63) is 35.4 Å². The topological polar surface area (TPSA) is 54.5 Å². The fourth-order valence-corrected chi connectivity index (χ4v) is 5.93. The molecule has 1 aliphatic heterocycles. The predicted molar refractivity (Wildman–Crippen MR) is 96.8 cm³/mol. The van der Waals surface area contributed by atoms with Crippen molar-refractivity contribution in [3.8, 4) is 0 Å². The number of carbonyl (C=O) groups excluding carboxylic acids is 2. The molecular formula is C17H21F2NO3S2. The zero-order valence-corrected chi connectivity index (χ0v) is 16.0. The number of hydrogen-bond donors (Lipinski definition) is 0. The second kappa shape index (κ2) is 7.95. The average Bonchev–Trinajstić information content (AvgIpc) is 2.85. The summed E-state index contributed by atoms with van der Waals surface area (Å²) < 4.78 is 40.4. The molecule has 1 aliphatic rings. The standard InChI is InChI=1S/C17H21F2NO3S2/c1-4-24-17(3,25(23)5-2)14(19)13(18)10-20-15(21)11-8-6-7-9-12(11)16(20)22/h6-9,13-14H,4-5,10H2,1-3H3. The monoisotopic (exact) mass is 389 g/mol. The van der Waals surface area contributed by atoms with Gasteiger partial charge in [-0.3, -0.25) is 18.7 Å². The minimum atomic E-state index is -2.11. The first kappa shape index (κ1) is 20.0. The fraction of sp³-hybridized carbons (Fsp3) is 0.529. The van der Waals surface area contributed by atoms with E-state index in [2.05, 4.69) is 0 Å². The molecule has 2 rings (SSSR count). The van der Waals surface area contributed by atoms with Gasteiger partial charge >= 0.3 is 0 Å². The number of benzene rings is 1. The first-order valence-corrected chi connectivity index (χ1v) is 10.3. The summed E-state index contributed by atoms with van der Waals surface area (Å²) in [6, 6.07) is 6.19. The molecule has 25 heavy (non-hydrogen) atoms. The second-order valence-electron chi connectivity index (χ2n) is 5.77. The number of carbonyl (C=O) groups is 2. The molecule has 1 aromatic rings. The van der Waals surface area contributed by atoms with E-state index < -0.39 is 45.6 Å². The summed E-state index contributed by atoms with van der Waals surface area (Å²) in [5, 5.41) is 0. The van der Waals surface area contributed by atoms with E-state index in [1.54, 1.807) is 26.0 Å². The van der Waals surface area contributed by atoms with E-state index >= 15 is 0 Å². The lowest BCUT2D eigenvalue weighted by Crippen LogP contribution is -2.48. The van der Waals surface area contributed by atoms with Crippen LogP contribution >= 0.6 is 11.8 Å². The van der Waals surface area contributed by atoms with Crippen LogP contribution in [0.1, 0.15) is 41.5 Å². The minimum absolute atomic E-state index is 0.193. The molecule has 1 aromatic carbocycles. The van der Waals surface area contributed by atoms with Crippen LogP contribution in [-0.2, 0) is 10.8 Å². The lowest BCUT2D eigenvalue weighted by molar-refractivity contribution is 0.0550. The van der Waals surface area contributed by atoms with E-state index in [4.69, 9.17) is 0 Å². The van der Waals surface area contributed by atoms with Gasteiger partial charge in [-0.2, -0.15) is 0 Å². The summed E-state index contributed by atoms with van der Waals surface area (Å²) >= 11 is 1.09. The number of halogens is 2. The van der Waals surface area contributed by atoms with Crippen molar-refractivity contribution in [1.29, 1.82) is 0 Å². The molecule has 138 valence electrons. The van der Waals surface area contributed by atoms with Crippen LogP contribution in [0.3, 0.4) is 0 Å². The Bertz CT molecular complexity index is 665. The highest BCUT2D eigenvalue weighted by atomic mass is 32.2. The largest absolute Gasteiger partial charge is 0.271 e. The quantitative estimate of drug-likeness (QED) is 0.641. The Hall–Kier alpha value is -1.28. The molecule has 0 saturated heterocycles. The smallest absolute Gasteiger partial charge is 0.261 e. The van der Waals surface area contributed by atoms with E-state index in [-0.39, 0.29) is 16.9 Å². The predicted octanol–water partition coefficient (Wildman–Crippen LogP) is 3.20. The molecule has 4 atom stereocenters. The van der Waals surface area contributed by atoms with Crippen molar-refractivity contribution in [2.75, 3.05) is 18.1 Å². The van der Waals surface area contributed by atoms with E-state index in [0.717, 1.165) is 16.7 Å². The van der Waals surface area contributed by atoms with Crippen LogP contribution in [0.2, 0.25) is 0 Å². The van der Waals surface area contributed by atoms with Crippen molar-refractivity contribution in [2.45, 2.75) is 37.2 Å². The number of alkyl halides is 2. The molecule has 1 heterocycles. The van der Waals surface area contributed by atoms with Gasteiger partial charge in [-0.05, 0) is 24.8 Å². The van der Waals surface area contributed by atoms with E-state index in [0.29, 0.717) is 5.75 Å². The maximum atomic E-state index is 14.9. The Kier molecular flexibility index (Phi) is 6.37. The van der Waals surface area contributed by atoms with E-state index in [9.17, 15) is 22.6 Å². The van der Waals surface area contributed by atoms with Gasteiger partial charge in [0.2, 0.25) is 0 Å². The molecule has 0 saturated carbocycles. The van der Waals surface area contributed by atoms with Crippen LogP contribution in [-0.4, -0.2) is 55.4 Å². The molecule has 0 aliphatic carbocycles. The Morgan fingerprint density at radius 2 is 1.68 bits per heavy atom. The van der Waals surface area contributed by atoms with Crippen molar-refractivity contribution >= 4 is 34.4 Å². The number of fused-ring (bicyclic) bond motifs is 1. The van der Waals surface area contributed by atoms with Crippen molar-refractivity contribution in [2.24, 2.45) is 0 Å². The highest BCUT2D eigenvalue weighted by Crippen LogP contribution is 2.37. The van der Waals surface area contributed by atoms with Gasteiger partial charge in [0.25, 0.3) is 11.8 Å². The molecular weight excluding hydrogens is 368 g/mol. The SMILES string of the molecule is CCSC(C)(C(F)C(F)CN1C(=O)c2ccccc2C1=O)S(=O)CC. The third-order valence-corrected chi connectivity index (χ3v) is 7.85. The molecule has 2 amide bonds. The van der Waals surface area contributed by atoms with Crippen LogP contribution in [0.25, 0.3) is 0 Å².